The van der Waals surface area contributed by atoms with Gasteiger partial charge in [-0.15, -0.1) is 0 Å². The number of rotatable bonds is 5. The maximum absolute atomic E-state index is 12.2. The largest absolute Gasteiger partial charge is 0.491 e. The molecule has 1 aromatic heterocycles. The number of nitrogens with one attached hydrogen (secondary N) is 1. The number of para-hydroxylation sites is 1. The first kappa shape index (κ1) is 15.3. The van der Waals surface area contributed by atoms with Gasteiger partial charge in [0.2, 0.25) is 0 Å². The molecule has 3 rings (SSSR count). The van der Waals surface area contributed by atoms with Gasteiger partial charge in [-0.25, -0.2) is 13.4 Å². The minimum Gasteiger partial charge on any atom is -0.491 e. The van der Waals surface area contributed by atoms with Gasteiger partial charge in [-0.1, -0.05) is 12.1 Å². The Kier molecular flexibility index (Phi) is 4.17. The average molecular weight is 329 g/mol. The summed E-state index contributed by atoms with van der Waals surface area (Å²) < 4.78 is 30.0. The molecule has 2 aromatic rings. The molecule has 1 aliphatic rings. The zero-order chi connectivity index (χ0) is 16.3. The normalized spacial score (nSPS) is 13.0. The van der Waals surface area contributed by atoms with E-state index in [9.17, 15) is 8.42 Å². The van der Waals surface area contributed by atoms with Crippen LogP contribution in [0.4, 0.5) is 5.69 Å². The summed E-state index contributed by atoms with van der Waals surface area (Å²) in [6.07, 6.45) is 2.14. The predicted molar refractivity (Wildman–Crippen MR) is 85.1 cm³/mol. The average Bonchev–Trinajstić information content (AvgIpc) is 3.04. The molecule has 1 aliphatic heterocycles. The van der Waals surface area contributed by atoms with Gasteiger partial charge in [-0.3, -0.25) is 0 Å². The second kappa shape index (κ2) is 6.26. The molecule has 1 aromatic carbocycles. The van der Waals surface area contributed by atoms with E-state index in [2.05, 4.69) is 10.3 Å². The van der Waals surface area contributed by atoms with Gasteiger partial charge < -0.3 is 10.1 Å². The summed E-state index contributed by atoms with van der Waals surface area (Å²) >= 11 is 0. The standard InChI is InChI=1S/C16H15N3O3S/c17-10-12-4-5-15(19-11-12)23(20,21)9-7-18-14-3-1-2-13-6-8-22-16(13)14/h1-5,11,18H,6-9H2. The van der Waals surface area contributed by atoms with Crippen molar-refractivity contribution in [2.75, 3.05) is 24.2 Å². The summed E-state index contributed by atoms with van der Waals surface area (Å²) in [5.74, 6) is 0.719. The van der Waals surface area contributed by atoms with Crippen LogP contribution in [-0.2, 0) is 16.3 Å². The fraction of sp³-hybridized carbons (Fsp3) is 0.250. The SMILES string of the molecule is N#Cc1ccc(S(=O)(=O)CCNc2cccc3c2OCC3)nc1. The molecule has 0 radical (unpaired) electrons. The molecule has 0 unspecified atom stereocenters. The lowest BCUT2D eigenvalue weighted by molar-refractivity contribution is 0.358. The van der Waals surface area contributed by atoms with Gasteiger partial charge in [0.1, 0.15) is 11.8 Å². The molecule has 0 spiro atoms. The van der Waals surface area contributed by atoms with Crippen molar-refractivity contribution in [2.45, 2.75) is 11.4 Å². The number of anilines is 1. The van der Waals surface area contributed by atoms with Crippen LogP contribution in [0.25, 0.3) is 0 Å². The number of benzene rings is 1. The smallest absolute Gasteiger partial charge is 0.197 e. The third kappa shape index (κ3) is 3.27. The predicted octanol–water partition coefficient (Wildman–Crippen LogP) is 1.77. The van der Waals surface area contributed by atoms with E-state index in [1.165, 1.54) is 18.3 Å². The van der Waals surface area contributed by atoms with Gasteiger partial charge in [0.05, 0.1) is 23.6 Å². The molecule has 118 valence electrons. The van der Waals surface area contributed by atoms with Crippen molar-refractivity contribution in [3.8, 4) is 11.8 Å². The maximum Gasteiger partial charge on any atom is 0.197 e. The Balaban J connectivity index is 1.66. The lowest BCUT2D eigenvalue weighted by Gasteiger charge is -2.10. The summed E-state index contributed by atoms with van der Waals surface area (Å²) in [7, 11) is -3.49. The highest BCUT2D eigenvalue weighted by molar-refractivity contribution is 7.91. The number of hydrogen-bond acceptors (Lipinski definition) is 6. The van der Waals surface area contributed by atoms with Crippen LogP contribution < -0.4 is 10.1 Å². The molecule has 1 N–H and O–H groups in total. The van der Waals surface area contributed by atoms with Gasteiger partial charge in [0.25, 0.3) is 0 Å². The van der Waals surface area contributed by atoms with Crippen molar-refractivity contribution >= 4 is 15.5 Å². The van der Waals surface area contributed by atoms with Crippen LogP contribution >= 0.6 is 0 Å². The molecule has 0 saturated heterocycles. The van der Waals surface area contributed by atoms with E-state index >= 15 is 0 Å². The Hall–Kier alpha value is -2.59. The molecule has 0 bridgehead atoms. The van der Waals surface area contributed by atoms with E-state index in [0.717, 1.165) is 23.4 Å². The number of sulfone groups is 1. The summed E-state index contributed by atoms with van der Waals surface area (Å²) in [5, 5.41) is 11.8. The zero-order valence-corrected chi connectivity index (χ0v) is 13.1. The van der Waals surface area contributed by atoms with Crippen molar-refractivity contribution in [1.29, 1.82) is 5.26 Å². The Morgan fingerprint density at radius 1 is 1.30 bits per heavy atom. The molecular weight excluding hydrogens is 314 g/mol. The highest BCUT2D eigenvalue weighted by Crippen LogP contribution is 2.33. The van der Waals surface area contributed by atoms with Crippen LogP contribution in [0, 0.1) is 11.3 Å². The molecule has 23 heavy (non-hydrogen) atoms. The number of pyridine rings is 1. The van der Waals surface area contributed by atoms with Crippen LogP contribution in [0.2, 0.25) is 0 Å². The Morgan fingerprint density at radius 3 is 2.91 bits per heavy atom. The summed E-state index contributed by atoms with van der Waals surface area (Å²) in [5.41, 5.74) is 2.27. The second-order valence-electron chi connectivity index (χ2n) is 5.13. The molecule has 2 heterocycles. The molecule has 0 saturated carbocycles. The molecule has 0 fully saturated rings. The van der Waals surface area contributed by atoms with E-state index in [0.29, 0.717) is 12.2 Å². The lowest BCUT2D eigenvalue weighted by atomic mass is 10.1. The quantitative estimate of drug-likeness (QED) is 0.899. The fourth-order valence-corrected chi connectivity index (χ4v) is 3.48. The van der Waals surface area contributed by atoms with Gasteiger partial charge >= 0.3 is 0 Å². The maximum atomic E-state index is 12.2. The molecule has 0 atom stereocenters. The van der Waals surface area contributed by atoms with Crippen molar-refractivity contribution in [3.05, 3.63) is 47.7 Å². The number of hydrogen-bond donors (Lipinski definition) is 1. The number of nitrogens with zero attached hydrogens (tertiary/aromatic N) is 2. The first-order valence-corrected chi connectivity index (χ1v) is 8.83. The van der Waals surface area contributed by atoms with E-state index in [-0.39, 0.29) is 17.3 Å². The topological polar surface area (TPSA) is 92.1 Å². The third-order valence-electron chi connectivity index (χ3n) is 3.58. The molecule has 6 nitrogen and oxygen atoms in total. The first-order valence-electron chi connectivity index (χ1n) is 7.17. The van der Waals surface area contributed by atoms with Crippen molar-refractivity contribution in [3.63, 3.8) is 0 Å². The Bertz CT molecular complexity index is 855. The third-order valence-corrected chi connectivity index (χ3v) is 5.21. The molecular formula is C16H15N3O3S. The fourth-order valence-electron chi connectivity index (χ4n) is 2.41. The van der Waals surface area contributed by atoms with Gasteiger partial charge in [-0.05, 0) is 23.8 Å². The van der Waals surface area contributed by atoms with Crippen LogP contribution in [0.3, 0.4) is 0 Å². The first-order chi connectivity index (χ1) is 11.1. The van der Waals surface area contributed by atoms with Crippen molar-refractivity contribution in [2.24, 2.45) is 0 Å². The lowest BCUT2D eigenvalue weighted by Crippen LogP contribution is -2.17. The van der Waals surface area contributed by atoms with Crippen LogP contribution in [0.1, 0.15) is 11.1 Å². The van der Waals surface area contributed by atoms with E-state index < -0.39 is 9.84 Å². The minimum absolute atomic E-state index is 0.0205. The second-order valence-corrected chi connectivity index (χ2v) is 7.19. The monoisotopic (exact) mass is 329 g/mol. The molecule has 0 amide bonds. The van der Waals surface area contributed by atoms with Crippen LogP contribution in [0.5, 0.6) is 5.75 Å². The Labute approximate surface area is 134 Å². The minimum atomic E-state index is -3.49. The highest BCUT2D eigenvalue weighted by atomic mass is 32.2. The summed E-state index contributed by atoms with van der Waals surface area (Å²) in [6, 6.07) is 10.5. The summed E-state index contributed by atoms with van der Waals surface area (Å²) in [4.78, 5) is 3.84. The number of nitriles is 1. The van der Waals surface area contributed by atoms with E-state index in [4.69, 9.17) is 10.00 Å². The number of aromatic nitrogens is 1. The van der Waals surface area contributed by atoms with Crippen LogP contribution in [-0.4, -0.2) is 32.3 Å². The van der Waals surface area contributed by atoms with Crippen molar-refractivity contribution in [1.82, 2.24) is 4.98 Å². The highest BCUT2D eigenvalue weighted by Gasteiger charge is 2.18. The van der Waals surface area contributed by atoms with Crippen LogP contribution in [0.15, 0.2) is 41.6 Å². The van der Waals surface area contributed by atoms with Gasteiger partial charge in [0, 0.05) is 19.2 Å². The Morgan fingerprint density at radius 2 is 2.17 bits per heavy atom. The molecule has 0 aliphatic carbocycles. The number of ether oxygens (including phenoxy) is 1. The summed E-state index contributed by atoms with van der Waals surface area (Å²) in [6.45, 7) is 0.908. The van der Waals surface area contributed by atoms with E-state index in [1.54, 1.807) is 0 Å². The van der Waals surface area contributed by atoms with Gasteiger partial charge in [0.15, 0.2) is 14.9 Å². The zero-order valence-electron chi connectivity index (χ0n) is 12.3. The van der Waals surface area contributed by atoms with E-state index in [1.807, 2.05) is 24.3 Å². The molecule has 7 heteroatoms. The van der Waals surface area contributed by atoms with Gasteiger partial charge in [-0.2, -0.15) is 5.26 Å². The van der Waals surface area contributed by atoms with Crippen molar-refractivity contribution < 1.29 is 13.2 Å². The number of fused-ring (bicyclic) bond motifs is 1.